The van der Waals surface area contributed by atoms with E-state index in [2.05, 4.69) is 57.3 Å². The number of hydrogen-bond donors (Lipinski definition) is 1. The Balaban J connectivity index is 1.52. The number of aromatic nitrogens is 2. The Bertz CT molecular complexity index is 1110. The summed E-state index contributed by atoms with van der Waals surface area (Å²) in [7, 11) is 0. The second kappa shape index (κ2) is 10.8. The molecule has 1 aromatic heterocycles. The summed E-state index contributed by atoms with van der Waals surface area (Å²) in [5.41, 5.74) is 4.35. The summed E-state index contributed by atoms with van der Waals surface area (Å²) in [6.07, 6.45) is 2.57. The number of halogens is 1. The van der Waals surface area contributed by atoms with E-state index in [4.69, 9.17) is 9.97 Å². The van der Waals surface area contributed by atoms with E-state index in [0.29, 0.717) is 6.54 Å². The summed E-state index contributed by atoms with van der Waals surface area (Å²) in [5, 5.41) is 3.02. The van der Waals surface area contributed by atoms with Crippen molar-refractivity contribution >= 4 is 33.5 Å². The maximum Gasteiger partial charge on any atom is 0.321 e. The first-order valence-electron chi connectivity index (χ1n) is 11.5. The van der Waals surface area contributed by atoms with Crippen LogP contribution in [0.5, 0.6) is 0 Å². The molecule has 1 N–H and O–H groups in total. The van der Waals surface area contributed by atoms with Crippen LogP contribution in [-0.2, 0) is 12.8 Å². The number of anilines is 2. The van der Waals surface area contributed by atoms with E-state index in [-0.39, 0.29) is 6.03 Å². The zero-order chi connectivity index (χ0) is 23.2. The Hall–Kier alpha value is -2.93. The summed E-state index contributed by atoms with van der Waals surface area (Å²) < 4.78 is 0.944. The molecule has 1 saturated heterocycles. The summed E-state index contributed by atoms with van der Waals surface area (Å²) in [4.78, 5) is 26.7. The van der Waals surface area contributed by atoms with Crippen LogP contribution < -0.4 is 10.2 Å². The molecule has 3 aromatic rings. The van der Waals surface area contributed by atoms with Crippen LogP contribution in [-0.4, -0.2) is 47.1 Å². The Morgan fingerprint density at radius 3 is 2.61 bits per heavy atom. The van der Waals surface area contributed by atoms with E-state index in [9.17, 15) is 4.79 Å². The van der Waals surface area contributed by atoms with Gasteiger partial charge in [-0.3, -0.25) is 0 Å². The number of nitrogens with zero attached hydrogens (tertiary/aromatic N) is 4. The molecule has 0 spiro atoms. The van der Waals surface area contributed by atoms with Crippen LogP contribution in [0.2, 0.25) is 0 Å². The third-order valence-electron chi connectivity index (χ3n) is 5.90. The summed E-state index contributed by atoms with van der Waals surface area (Å²) in [5.74, 6) is 1.81. The van der Waals surface area contributed by atoms with E-state index >= 15 is 0 Å². The van der Waals surface area contributed by atoms with Crippen LogP contribution in [0.4, 0.5) is 16.3 Å². The van der Waals surface area contributed by atoms with Crippen molar-refractivity contribution in [2.75, 3.05) is 36.4 Å². The molecule has 0 bridgehead atoms. The van der Waals surface area contributed by atoms with Gasteiger partial charge in [0.2, 0.25) is 0 Å². The van der Waals surface area contributed by atoms with Crippen molar-refractivity contribution in [2.24, 2.45) is 0 Å². The van der Waals surface area contributed by atoms with Crippen LogP contribution in [0.3, 0.4) is 0 Å². The van der Waals surface area contributed by atoms with Crippen LogP contribution in [0.25, 0.3) is 0 Å². The molecule has 1 aliphatic heterocycles. The van der Waals surface area contributed by atoms with Gasteiger partial charge < -0.3 is 15.1 Å². The maximum atomic E-state index is 12.9. The molecular weight excluding hydrogens is 478 g/mol. The van der Waals surface area contributed by atoms with Crippen molar-refractivity contribution in [2.45, 2.75) is 33.1 Å². The molecule has 2 aromatic carbocycles. The standard InChI is InChI=1S/C26H30BrN5O/c1-3-24-23(17-20-9-5-4-6-10-20)25(29-19(2)28-24)31-13-8-14-32(16-15-31)26(33)30-22-12-7-11-21(27)18-22/h4-7,9-12,18H,3,8,13-17H2,1-2H3,(H,30,33). The number of aryl methyl sites for hydroxylation is 2. The molecule has 0 unspecified atom stereocenters. The van der Waals surface area contributed by atoms with Crippen LogP contribution in [0.15, 0.2) is 59.1 Å². The fraction of sp³-hybridized carbons (Fsp3) is 0.346. The van der Waals surface area contributed by atoms with Gasteiger partial charge in [0.1, 0.15) is 11.6 Å². The second-order valence-electron chi connectivity index (χ2n) is 8.30. The SMILES string of the molecule is CCc1nc(C)nc(N2CCCN(C(=O)Nc3cccc(Br)c3)CC2)c1Cc1ccccc1. The molecule has 0 saturated carbocycles. The van der Waals surface area contributed by atoms with E-state index in [1.165, 1.54) is 11.1 Å². The third kappa shape index (κ3) is 5.90. The van der Waals surface area contributed by atoms with Gasteiger partial charge in [-0.05, 0) is 43.5 Å². The van der Waals surface area contributed by atoms with Crippen LogP contribution >= 0.6 is 15.9 Å². The number of carbonyl (C=O) groups is 1. The fourth-order valence-corrected chi connectivity index (χ4v) is 4.67. The lowest BCUT2D eigenvalue weighted by Crippen LogP contribution is -2.38. The number of amides is 2. The summed E-state index contributed by atoms with van der Waals surface area (Å²) in [6, 6.07) is 18.1. The average Bonchev–Trinajstić information content (AvgIpc) is 3.07. The molecule has 1 aliphatic rings. The average molecular weight is 508 g/mol. The van der Waals surface area contributed by atoms with Gasteiger partial charge in [0, 0.05) is 54.0 Å². The molecule has 2 amide bonds. The summed E-state index contributed by atoms with van der Waals surface area (Å²) in [6.45, 7) is 7.08. The van der Waals surface area contributed by atoms with Gasteiger partial charge in [0.25, 0.3) is 0 Å². The predicted molar refractivity (Wildman–Crippen MR) is 137 cm³/mol. The van der Waals surface area contributed by atoms with E-state index in [0.717, 1.165) is 66.4 Å². The molecule has 6 nitrogen and oxygen atoms in total. The van der Waals surface area contributed by atoms with Crippen molar-refractivity contribution in [3.8, 4) is 0 Å². The van der Waals surface area contributed by atoms with Gasteiger partial charge in [-0.15, -0.1) is 0 Å². The van der Waals surface area contributed by atoms with Gasteiger partial charge in [-0.25, -0.2) is 14.8 Å². The Morgan fingerprint density at radius 1 is 1.03 bits per heavy atom. The van der Waals surface area contributed by atoms with Gasteiger partial charge >= 0.3 is 6.03 Å². The largest absolute Gasteiger partial charge is 0.354 e. The van der Waals surface area contributed by atoms with E-state index < -0.39 is 0 Å². The highest BCUT2D eigenvalue weighted by atomic mass is 79.9. The van der Waals surface area contributed by atoms with Crippen LogP contribution in [0, 0.1) is 6.92 Å². The van der Waals surface area contributed by atoms with Crippen molar-refractivity contribution in [1.82, 2.24) is 14.9 Å². The van der Waals surface area contributed by atoms with Crippen molar-refractivity contribution < 1.29 is 4.79 Å². The molecule has 33 heavy (non-hydrogen) atoms. The molecule has 0 aliphatic carbocycles. The number of carbonyl (C=O) groups excluding carboxylic acids is 1. The molecule has 7 heteroatoms. The van der Waals surface area contributed by atoms with Crippen LogP contribution in [0.1, 0.15) is 36.0 Å². The highest BCUT2D eigenvalue weighted by Crippen LogP contribution is 2.26. The topological polar surface area (TPSA) is 61.4 Å². The second-order valence-corrected chi connectivity index (χ2v) is 9.22. The number of rotatable bonds is 5. The number of hydrogen-bond acceptors (Lipinski definition) is 4. The number of benzene rings is 2. The van der Waals surface area contributed by atoms with Crippen molar-refractivity contribution in [3.63, 3.8) is 0 Å². The van der Waals surface area contributed by atoms with E-state index in [1.807, 2.05) is 42.2 Å². The lowest BCUT2D eigenvalue weighted by Gasteiger charge is -2.26. The lowest BCUT2D eigenvalue weighted by molar-refractivity contribution is 0.215. The first kappa shape index (κ1) is 23.2. The van der Waals surface area contributed by atoms with Crippen molar-refractivity contribution in [1.29, 1.82) is 0 Å². The molecule has 1 fully saturated rings. The minimum absolute atomic E-state index is 0.0624. The smallest absolute Gasteiger partial charge is 0.321 e. The maximum absolute atomic E-state index is 12.9. The number of nitrogens with one attached hydrogen (secondary N) is 1. The Kier molecular flexibility index (Phi) is 7.60. The number of urea groups is 1. The van der Waals surface area contributed by atoms with Gasteiger partial charge in [0.15, 0.2) is 0 Å². The van der Waals surface area contributed by atoms with Gasteiger partial charge in [-0.1, -0.05) is 59.3 Å². The van der Waals surface area contributed by atoms with E-state index in [1.54, 1.807) is 0 Å². The summed E-state index contributed by atoms with van der Waals surface area (Å²) >= 11 is 3.46. The molecule has 0 radical (unpaired) electrons. The molecular formula is C26H30BrN5O. The van der Waals surface area contributed by atoms with Gasteiger partial charge in [-0.2, -0.15) is 0 Å². The monoisotopic (exact) mass is 507 g/mol. The minimum Gasteiger partial charge on any atom is -0.354 e. The normalized spacial score (nSPS) is 14.2. The zero-order valence-electron chi connectivity index (χ0n) is 19.2. The zero-order valence-corrected chi connectivity index (χ0v) is 20.8. The third-order valence-corrected chi connectivity index (χ3v) is 6.39. The lowest BCUT2D eigenvalue weighted by atomic mass is 10.0. The molecule has 0 atom stereocenters. The molecule has 172 valence electrons. The fourth-order valence-electron chi connectivity index (χ4n) is 4.27. The first-order chi connectivity index (χ1) is 16.0. The van der Waals surface area contributed by atoms with Crippen molar-refractivity contribution in [3.05, 3.63) is 81.7 Å². The Morgan fingerprint density at radius 2 is 1.85 bits per heavy atom. The Labute approximate surface area is 204 Å². The van der Waals surface area contributed by atoms with Gasteiger partial charge in [0.05, 0.1) is 0 Å². The molecule has 4 rings (SSSR count). The highest BCUT2D eigenvalue weighted by Gasteiger charge is 2.23. The quantitative estimate of drug-likeness (QED) is 0.498. The predicted octanol–water partition coefficient (Wildman–Crippen LogP) is 5.44. The molecule has 2 heterocycles. The highest BCUT2D eigenvalue weighted by molar-refractivity contribution is 9.10. The first-order valence-corrected chi connectivity index (χ1v) is 12.3. The minimum atomic E-state index is -0.0624.